The first-order valence-electron chi connectivity index (χ1n) is 5.62. The number of nitrogen functional groups attached to an aromatic ring is 1. The topological polar surface area (TPSA) is 110 Å². The molecule has 0 heterocycles. The van der Waals surface area contributed by atoms with Gasteiger partial charge in [-0.2, -0.15) is 0 Å². The maximum atomic E-state index is 11.2. The van der Waals surface area contributed by atoms with Crippen LogP contribution in [0.4, 0.5) is 5.69 Å². The Labute approximate surface area is 114 Å². The third kappa shape index (κ3) is 2.69. The predicted octanol–water partition coefficient (Wildman–Crippen LogP) is 2.46. The van der Waals surface area contributed by atoms with E-state index in [1.807, 2.05) is 0 Å². The molecule has 0 spiro atoms. The van der Waals surface area contributed by atoms with Crippen LogP contribution in [0, 0.1) is 0 Å². The van der Waals surface area contributed by atoms with Gasteiger partial charge in [-0.1, -0.05) is 6.07 Å². The van der Waals surface area contributed by atoms with Crippen LogP contribution in [0.2, 0.25) is 0 Å². The molecular weight excluding hydrogens is 262 g/mol. The highest BCUT2D eigenvalue weighted by Crippen LogP contribution is 2.28. The minimum Gasteiger partial charge on any atom is -0.478 e. The lowest BCUT2D eigenvalue weighted by Gasteiger charge is -2.10. The Morgan fingerprint density at radius 2 is 1.60 bits per heavy atom. The third-order valence-electron chi connectivity index (χ3n) is 2.58. The van der Waals surface area contributed by atoms with Crippen LogP contribution in [0.25, 0.3) is 0 Å². The van der Waals surface area contributed by atoms with Gasteiger partial charge in [0.2, 0.25) is 0 Å². The molecule has 0 radical (unpaired) electrons. The van der Waals surface area contributed by atoms with Gasteiger partial charge in [-0.25, -0.2) is 9.59 Å². The Morgan fingerprint density at radius 1 is 0.950 bits per heavy atom. The quantitative estimate of drug-likeness (QED) is 0.738. The van der Waals surface area contributed by atoms with Crippen molar-refractivity contribution in [2.75, 3.05) is 5.73 Å². The van der Waals surface area contributed by atoms with E-state index in [9.17, 15) is 9.59 Å². The molecule has 0 bridgehead atoms. The number of anilines is 1. The summed E-state index contributed by atoms with van der Waals surface area (Å²) in [5, 5.41) is 18.2. The second kappa shape index (κ2) is 5.31. The zero-order valence-electron chi connectivity index (χ0n) is 10.2. The second-order valence-corrected chi connectivity index (χ2v) is 3.96. The van der Waals surface area contributed by atoms with Crippen molar-refractivity contribution in [2.45, 2.75) is 0 Å². The van der Waals surface area contributed by atoms with Crippen LogP contribution in [0.5, 0.6) is 11.5 Å². The van der Waals surface area contributed by atoms with Gasteiger partial charge in [0.15, 0.2) is 0 Å². The smallest absolute Gasteiger partial charge is 0.340 e. The fourth-order valence-corrected chi connectivity index (χ4v) is 1.68. The van der Waals surface area contributed by atoms with Crippen LogP contribution >= 0.6 is 0 Å². The summed E-state index contributed by atoms with van der Waals surface area (Å²) in [7, 11) is 0. The Hall–Kier alpha value is -3.02. The van der Waals surface area contributed by atoms with E-state index in [2.05, 4.69) is 0 Å². The van der Waals surface area contributed by atoms with Gasteiger partial charge in [-0.05, 0) is 36.4 Å². The van der Waals surface area contributed by atoms with Gasteiger partial charge in [-0.3, -0.25) is 0 Å². The molecule has 6 heteroatoms. The summed E-state index contributed by atoms with van der Waals surface area (Å²) in [6, 6.07) is 10.3. The number of ether oxygens (including phenoxy) is 1. The number of hydrogen-bond donors (Lipinski definition) is 3. The van der Waals surface area contributed by atoms with Crippen molar-refractivity contribution in [3.05, 3.63) is 53.6 Å². The van der Waals surface area contributed by atoms with E-state index in [1.165, 1.54) is 18.2 Å². The van der Waals surface area contributed by atoms with Crippen molar-refractivity contribution in [1.29, 1.82) is 0 Å². The molecule has 0 aliphatic rings. The molecule has 4 N–H and O–H groups in total. The van der Waals surface area contributed by atoms with Crippen molar-refractivity contribution in [3.63, 3.8) is 0 Å². The summed E-state index contributed by atoms with van der Waals surface area (Å²) in [4.78, 5) is 22.3. The third-order valence-corrected chi connectivity index (χ3v) is 2.58. The number of carboxylic acid groups (broad SMARTS) is 2. The summed E-state index contributed by atoms with van der Waals surface area (Å²) in [6.45, 7) is 0. The van der Waals surface area contributed by atoms with Gasteiger partial charge < -0.3 is 20.7 Å². The van der Waals surface area contributed by atoms with Gasteiger partial charge >= 0.3 is 11.9 Å². The van der Waals surface area contributed by atoms with E-state index in [4.69, 9.17) is 20.7 Å². The number of rotatable bonds is 4. The molecule has 0 fully saturated rings. The van der Waals surface area contributed by atoms with Crippen molar-refractivity contribution in [3.8, 4) is 11.5 Å². The first kappa shape index (κ1) is 13.4. The predicted molar refractivity (Wildman–Crippen MR) is 71.3 cm³/mol. The molecule has 20 heavy (non-hydrogen) atoms. The van der Waals surface area contributed by atoms with Crippen LogP contribution < -0.4 is 10.5 Å². The van der Waals surface area contributed by atoms with Crippen LogP contribution in [0.15, 0.2) is 42.5 Å². The number of carboxylic acids is 2. The molecule has 0 aliphatic carbocycles. The SMILES string of the molecule is Nc1ccc(Oc2cccc(C(=O)O)c2C(=O)O)cc1. The molecule has 6 nitrogen and oxygen atoms in total. The monoisotopic (exact) mass is 273 g/mol. The van der Waals surface area contributed by atoms with Crippen LogP contribution in [0.3, 0.4) is 0 Å². The van der Waals surface area contributed by atoms with Gasteiger partial charge in [0.05, 0.1) is 5.56 Å². The van der Waals surface area contributed by atoms with E-state index < -0.39 is 17.5 Å². The average Bonchev–Trinajstić information content (AvgIpc) is 2.40. The van der Waals surface area contributed by atoms with Crippen LogP contribution in [-0.4, -0.2) is 22.2 Å². The van der Waals surface area contributed by atoms with Gasteiger partial charge in [-0.15, -0.1) is 0 Å². The number of hydrogen-bond acceptors (Lipinski definition) is 4. The fourth-order valence-electron chi connectivity index (χ4n) is 1.68. The lowest BCUT2D eigenvalue weighted by atomic mass is 10.1. The minimum atomic E-state index is -1.37. The molecule has 0 atom stereocenters. The molecule has 0 aliphatic heterocycles. The van der Waals surface area contributed by atoms with Crippen molar-refractivity contribution in [1.82, 2.24) is 0 Å². The molecule has 0 unspecified atom stereocenters. The van der Waals surface area contributed by atoms with Crippen molar-refractivity contribution >= 4 is 17.6 Å². The summed E-state index contributed by atoms with van der Waals surface area (Å²) >= 11 is 0. The highest BCUT2D eigenvalue weighted by molar-refractivity contribution is 6.03. The Morgan fingerprint density at radius 3 is 2.15 bits per heavy atom. The summed E-state index contributed by atoms with van der Waals surface area (Å²) < 4.78 is 5.42. The molecule has 102 valence electrons. The largest absolute Gasteiger partial charge is 0.478 e. The lowest BCUT2D eigenvalue weighted by Crippen LogP contribution is -2.09. The van der Waals surface area contributed by atoms with E-state index in [0.717, 1.165) is 0 Å². The molecule has 2 aromatic carbocycles. The standard InChI is InChI=1S/C14H11NO5/c15-8-4-6-9(7-5-8)20-11-3-1-2-10(13(16)17)12(11)14(18)19/h1-7H,15H2,(H,16,17)(H,18,19). The summed E-state index contributed by atoms with van der Waals surface area (Å²) in [5.74, 6) is -2.37. The number of nitrogens with two attached hydrogens (primary N) is 1. The van der Waals surface area contributed by atoms with E-state index in [1.54, 1.807) is 24.3 Å². The Bertz CT molecular complexity index is 664. The zero-order chi connectivity index (χ0) is 14.7. The molecular formula is C14H11NO5. The van der Waals surface area contributed by atoms with Crippen LogP contribution in [0.1, 0.15) is 20.7 Å². The average molecular weight is 273 g/mol. The lowest BCUT2D eigenvalue weighted by molar-refractivity contribution is 0.0649. The highest BCUT2D eigenvalue weighted by Gasteiger charge is 2.21. The van der Waals surface area contributed by atoms with Crippen LogP contribution in [-0.2, 0) is 0 Å². The van der Waals surface area contributed by atoms with Gasteiger partial charge in [0, 0.05) is 5.69 Å². The Balaban J connectivity index is 2.46. The van der Waals surface area contributed by atoms with Crippen molar-refractivity contribution < 1.29 is 24.5 Å². The van der Waals surface area contributed by atoms with E-state index in [-0.39, 0.29) is 11.3 Å². The maximum absolute atomic E-state index is 11.2. The normalized spacial score (nSPS) is 10.0. The molecule has 0 saturated heterocycles. The van der Waals surface area contributed by atoms with E-state index >= 15 is 0 Å². The fraction of sp³-hybridized carbons (Fsp3) is 0. The van der Waals surface area contributed by atoms with E-state index in [0.29, 0.717) is 11.4 Å². The van der Waals surface area contributed by atoms with Gasteiger partial charge in [0.25, 0.3) is 0 Å². The molecule has 2 rings (SSSR count). The summed E-state index contributed by atoms with van der Waals surface area (Å²) in [5.41, 5.74) is 5.35. The Kier molecular flexibility index (Phi) is 3.56. The molecule has 0 aromatic heterocycles. The number of carbonyl (C=O) groups is 2. The first-order valence-corrected chi connectivity index (χ1v) is 5.62. The zero-order valence-corrected chi connectivity index (χ0v) is 10.2. The maximum Gasteiger partial charge on any atom is 0.340 e. The second-order valence-electron chi connectivity index (χ2n) is 3.96. The number of aromatic carboxylic acids is 2. The number of benzene rings is 2. The summed E-state index contributed by atoms with van der Waals surface area (Å²) in [6.07, 6.45) is 0. The van der Waals surface area contributed by atoms with Gasteiger partial charge in [0.1, 0.15) is 17.1 Å². The van der Waals surface area contributed by atoms with Crippen molar-refractivity contribution in [2.24, 2.45) is 0 Å². The molecule has 0 amide bonds. The minimum absolute atomic E-state index is 0.0397. The molecule has 2 aromatic rings. The highest BCUT2D eigenvalue weighted by atomic mass is 16.5. The molecule has 0 saturated carbocycles. The first-order chi connectivity index (χ1) is 9.49.